The largest absolute Gasteiger partial charge is 0.351 e. The SMILES string of the molecule is Cc1ccc(Cl)c(C)c1Nc1cc(C2CC2)nc(NC2CC2)n1. The number of nitrogens with zero attached hydrogens (tertiary/aromatic N) is 2. The van der Waals surface area contributed by atoms with E-state index in [1.165, 1.54) is 25.7 Å². The highest BCUT2D eigenvalue weighted by Crippen LogP contribution is 2.40. The maximum absolute atomic E-state index is 6.27. The van der Waals surface area contributed by atoms with Crippen LogP contribution in [0.2, 0.25) is 5.02 Å². The molecule has 0 amide bonds. The van der Waals surface area contributed by atoms with Crippen molar-refractivity contribution in [2.24, 2.45) is 0 Å². The molecule has 4 nitrogen and oxygen atoms in total. The fraction of sp³-hybridized carbons (Fsp3) is 0.444. The second kappa shape index (κ2) is 5.68. The van der Waals surface area contributed by atoms with E-state index in [1.807, 2.05) is 19.1 Å². The Balaban J connectivity index is 1.67. The minimum Gasteiger partial charge on any atom is -0.351 e. The molecular formula is C18H21ClN4. The Labute approximate surface area is 141 Å². The summed E-state index contributed by atoms with van der Waals surface area (Å²) in [6.45, 7) is 4.11. The molecule has 1 aromatic heterocycles. The fourth-order valence-electron chi connectivity index (χ4n) is 2.74. The Morgan fingerprint density at radius 2 is 1.87 bits per heavy atom. The second-order valence-electron chi connectivity index (χ2n) is 6.68. The zero-order valence-electron chi connectivity index (χ0n) is 13.5. The number of nitrogens with one attached hydrogen (secondary N) is 2. The Morgan fingerprint density at radius 3 is 2.57 bits per heavy atom. The number of benzene rings is 1. The van der Waals surface area contributed by atoms with Crippen molar-refractivity contribution in [1.29, 1.82) is 0 Å². The molecule has 0 bridgehead atoms. The Bertz CT molecular complexity index is 751. The fourth-order valence-corrected chi connectivity index (χ4v) is 2.89. The smallest absolute Gasteiger partial charge is 0.225 e. The normalized spacial score (nSPS) is 17.2. The van der Waals surface area contributed by atoms with Crippen molar-refractivity contribution >= 4 is 29.1 Å². The first-order valence-electron chi connectivity index (χ1n) is 8.28. The van der Waals surface area contributed by atoms with E-state index in [0.717, 1.165) is 39.3 Å². The molecule has 2 N–H and O–H groups in total. The Hall–Kier alpha value is -1.81. The summed E-state index contributed by atoms with van der Waals surface area (Å²) in [5.41, 5.74) is 4.39. The van der Waals surface area contributed by atoms with Crippen LogP contribution in [0.4, 0.5) is 17.5 Å². The predicted octanol–water partition coefficient (Wildman–Crippen LogP) is 4.94. The van der Waals surface area contributed by atoms with Gasteiger partial charge in [0.2, 0.25) is 5.95 Å². The highest BCUT2D eigenvalue weighted by molar-refractivity contribution is 6.31. The van der Waals surface area contributed by atoms with Gasteiger partial charge in [0.15, 0.2) is 0 Å². The minimum absolute atomic E-state index is 0.548. The lowest BCUT2D eigenvalue weighted by Gasteiger charge is -2.15. The summed E-state index contributed by atoms with van der Waals surface area (Å²) in [4.78, 5) is 9.35. The first-order chi connectivity index (χ1) is 11.1. The lowest BCUT2D eigenvalue weighted by molar-refractivity contribution is 0.968. The summed E-state index contributed by atoms with van der Waals surface area (Å²) < 4.78 is 0. The second-order valence-corrected chi connectivity index (χ2v) is 7.09. The predicted molar refractivity (Wildman–Crippen MR) is 94.9 cm³/mol. The number of hydrogen-bond acceptors (Lipinski definition) is 4. The van der Waals surface area contributed by atoms with Gasteiger partial charge in [-0.05, 0) is 56.7 Å². The van der Waals surface area contributed by atoms with Crippen LogP contribution in [-0.4, -0.2) is 16.0 Å². The maximum atomic E-state index is 6.27. The van der Waals surface area contributed by atoms with Gasteiger partial charge in [0.25, 0.3) is 0 Å². The van der Waals surface area contributed by atoms with Crippen molar-refractivity contribution in [3.05, 3.63) is 40.0 Å². The lowest BCUT2D eigenvalue weighted by Crippen LogP contribution is -2.09. The third kappa shape index (κ3) is 3.27. The van der Waals surface area contributed by atoms with Crippen LogP contribution in [-0.2, 0) is 0 Å². The summed E-state index contributed by atoms with van der Waals surface area (Å²) in [5, 5.41) is 7.65. The number of aryl methyl sites for hydroxylation is 1. The molecule has 1 heterocycles. The highest BCUT2D eigenvalue weighted by Gasteiger charge is 2.28. The van der Waals surface area contributed by atoms with Gasteiger partial charge in [-0.25, -0.2) is 4.98 Å². The van der Waals surface area contributed by atoms with Gasteiger partial charge < -0.3 is 10.6 Å². The quantitative estimate of drug-likeness (QED) is 0.816. The summed E-state index contributed by atoms with van der Waals surface area (Å²) in [5.74, 6) is 2.19. The monoisotopic (exact) mass is 328 g/mol. The van der Waals surface area contributed by atoms with Crippen LogP contribution in [0.5, 0.6) is 0 Å². The summed E-state index contributed by atoms with van der Waals surface area (Å²) in [6, 6.07) is 6.60. The molecule has 2 aromatic rings. The van der Waals surface area contributed by atoms with Crippen LogP contribution in [0, 0.1) is 13.8 Å². The van der Waals surface area contributed by atoms with Gasteiger partial charge in [-0.15, -0.1) is 0 Å². The Kier molecular flexibility index (Phi) is 3.64. The molecule has 0 atom stereocenters. The summed E-state index contributed by atoms with van der Waals surface area (Å²) in [6.07, 6.45) is 4.89. The topological polar surface area (TPSA) is 49.8 Å². The standard InChI is InChI=1S/C18H21ClN4/c1-10-3-8-14(19)11(2)17(10)22-16-9-15(12-4-5-12)21-18(23-16)20-13-6-7-13/h3,8-9,12-13H,4-7H2,1-2H3,(H2,20,21,22,23). The van der Waals surface area contributed by atoms with Crippen molar-refractivity contribution < 1.29 is 0 Å². The van der Waals surface area contributed by atoms with E-state index in [4.69, 9.17) is 16.6 Å². The van der Waals surface area contributed by atoms with Gasteiger partial charge in [-0.1, -0.05) is 17.7 Å². The van der Waals surface area contributed by atoms with E-state index >= 15 is 0 Å². The molecule has 0 spiro atoms. The molecule has 0 radical (unpaired) electrons. The maximum Gasteiger partial charge on any atom is 0.225 e. The van der Waals surface area contributed by atoms with Crippen LogP contribution in [0.25, 0.3) is 0 Å². The van der Waals surface area contributed by atoms with Crippen LogP contribution in [0.1, 0.15) is 48.4 Å². The number of anilines is 3. The van der Waals surface area contributed by atoms with Crippen LogP contribution < -0.4 is 10.6 Å². The third-order valence-corrected chi connectivity index (χ3v) is 4.92. The van der Waals surface area contributed by atoms with Gasteiger partial charge in [-0.2, -0.15) is 4.98 Å². The molecule has 2 saturated carbocycles. The van der Waals surface area contributed by atoms with Crippen LogP contribution in [0.15, 0.2) is 18.2 Å². The number of aromatic nitrogens is 2. The van der Waals surface area contributed by atoms with E-state index in [-0.39, 0.29) is 0 Å². The van der Waals surface area contributed by atoms with Crippen LogP contribution in [0.3, 0.4) is 0 Å². The molecule has 0 aliphatic heterocycles. The average Bonchev–Trinajstić information content (AvgIpc) is 3.40. The number of hydrogen-bond donors (Lipinski definition) is 2. The Morgan fingerprint density at radius 1 is 1.09 bits per heavy atom. The molecule has 0 unspecified atom stereocenters. The third-order valence-electron chi connectivity index (χ3n) is 4.51. The van der Waals surface area contributed by atoms with Crippen LogP contribution >= 0.6 is 11.6 Å². The molecular weight excluding hydrogens is 308 g/mol. The average molecular weight is 329 g/mol. The van der Waals surface area contributed by atoms with E-state index in [1.54, 1.807) is 0 Å². The lowest BCUT2D eigenvalue weighted by atomic mass is 10.1. The number of halogens is 1. The zero-order valence-corrected chi connectivity index (χ0v) is 14.2. The van der Waals surface area contributed by atoms with E-state index < -0.39 is 0 Å². The molecule has 0 saturated heterocycles. The zero-order chi connectivity index (χ0) is 16.0. The van der Waals surface area contributed by atoms with Crippen molar-refractivity contribution in [2.75, 3.05) is 10.6 Å². The van der Waals surface area contributed by atoms with E-state index in [0.29, 0.717) is 12.0 Å². The molecule has 23 heavy (non-hydrogen) atoms. The van der Waals surface area contributed by atoms with Gasteiger partial charge in [0.1, 0.15) is 5.82 Å². The molecule has 5 heteroatoms. The van der Waals surface area contributed by atoms with Crippen molar-refractivity contribution in [1.82, 2.24) is 9.97 Å². The molecule has 2 fully saturated rings. The summed E-state index contributed by atoms with van der Waals surface area (Å²) >= 11 is 6.27. The molecule has 2 aliphatic rings. The van der Waals surface area contributed by atoms with E-state index in [2.05, 4.69) is 28.6 Å². The first kappa shape index (κ1) is 14.8. The number of rotatable bonds is 5. The molecule has 120 valence electrons. The van der Waals surface area contributed by atoms with Crippen molar-refractivity contribution in [2.45, 2.75) is 51.5 Å². The molecule has 4 rings (SSSR count). The van der Waals surface area contributed by atoms with Gasteiger partial charge in [0, 0.05) is 28.7 Å². The highest BCUT2D eigenvalue weighted by atomic mass is 35.5. The van der Waals surface area contributed by atoms with Crippen molar-refractivity contribution in [3.63, 3.8) is 0 Å². The van der Waals surface area contributed by atoms with Gasteiger partial charge in [0.05, 0.1) is 5.69 Å². The van der Waals surface area contributed by atoms with Crippen molar-refractivity contribution in [3.8, 4) is 0 Å². The van der Waals surface area contributed by atoms with Gasteiger partial charge >= 0.3 is 0 Å². The minimum atomic E-state index is 0.548. The molecule has 2 aliphatic carbocycles. The van der Waals surface area contributed by atoms with E-state index in [9.17, 15) is 0 Å². The van der Waals surface area contributed by atoms with Gasteiger partial charge in [-0.3, -0.25) is 0 Å². The summed E-state index contributed by atoms with van der Waals surface area (Å²) in [7, 11) is 0. The first-order valence-corrected chi connectivity index (χ1v) is 8.66. The molecule has 1 aromatic carbocycles.